The van der Waals surface area contributed by atoms with Crippen LogP contribution in [0.25, 0.3) is 0 Å². The quantitative estimate of drug-likeness (QED) is 0.643. The molecule has 16 heavy (non-hydrogen) atoms. The molecule has 0 atom stereocenters. The van der Waals surface area contributed by atoms with Crippen molar-refractivity contribution in [2.75, 3.05) is 5.73 Å². The third-order valence-corrected chi connectivity index (χ3v) is 2.36. The van der Waals surface area contributed by atoms with E-state index in [-0.39, 0.29) is 5.78 Å². The third-order valence-electron chi connectivity index (χ3n) is 2.15. The zero-order valence-corrected chi connectivity index (χ0v) is 9.41. The Hall–Kier alpha value is -1.74. The van der Waals surface area contributed by atoms with Crippen molar-refractivity contribution in [3.05, 3.63) is 52.4 Å². The lowest BCUT2D eigenvalue weighted by Crippen LogP contribution is -2.00. The van der Waals surface area contributed by atoms with Crippen molar-refractivity contribution in [3.63, 3.8) is 0 Å². The maximum Gasteiger partial charge on any atom is 0.228 e. The van der Waals surface area contributed by atoms with E-state index in [4.69, 9.17) is 21.8 Å². The van der Waals surface area contributed by atoms with Crippen LogP contribution >= 0.6 is 11.6 Å². The van der Waals surface area contributed by atoms with E-state index in [9.17, 15) is 4.79 Å². The number of rotatable bonds is 2. The van der Waals surface area contributed by atoms with Gasteiger partial charge in [-0.2, -0.15) is 0 Å². The average molecular weight is 236 g/mol. The molecule has 0 aliphatic carbocycles. The summed E-state index contributed by atoms with van der Waals surface area (Å²) in [6, 6.07) is 8.10. The first kappa shape index (κ1) is 10.8. The lowest BCUT2D eigenvalue weighted by Gasteiger charge is -2.01. The lowest BCUT2D eigenvalue weighted by atomic mass is 10.1. The first-order chi connectivity index (χ1) is 7.56. The number of furan rings is 1. The van der Waals surface area contributed by atoms with Gasteiger partial charge in [0.1, 0.15) is 5.76 Å². The Bertz CT molecular complexity index is 525. The molecule has 2 aromatic rings. The van der Waals surface area contributed by atoms with Crippen LogP contribution in [0.5, 0.6) is 0 Å². The number of hydrogen-bond acceptors (Lipinski definition) is 3. The van der Waals surface area contributed by atoms with E-state index in [2.05, 4.69) is 0 Å². The van der Waals surface area contributed by atoms with Gasteiger partial charge in [-0.1, -0.05) is 11.6 Å². The van der Waals surface area contributed by atoms with Crippen LogP contribution in [0.3, 0.4) is 0 Å². The molecule has 2 rings (SSSR count). The molecule has 0 saturated heterocycles. The second-order valence-corrected chi connectivity index (χ2v) is 3.95. The molecule has 0 unspecified atom stereocenters. The van der Waals surface area contributed by atoms with E-state index in [0.29, 0.717) is 27.8 Å². The van der Waals surface area contributed by atoms with Crippen LogP contribution in [-0.2, 0) is 0 Å². The average Bonchev–Trinajstić information content (AvgIpc) is 2.62. The highest BCUT2D eigenvalue weighted by Crippen LogP contribution is 2.20. The minimum absolute atomic E-state index is 0.220. The van der Waals surface area contributed by atoms with Crippen molar-refractivity contribution in [3.8, 4) is 0 Å². The molecule has 1 heterocycles. The van der Waals surface area contributed by atoms with Crippen LogP contribution in [0.4, 0.5) is 5.69 Å². The van der Waals surface area contributed by atoms with E-state index in [1.165, 1.54) is 0 Å². The van der Waals surface area contributed by atoms with Crippen molar-refractivity contribution >= 4 is 23.1 Å². The Morgan fingerprint density at radius 2 is 2.06 bits per heavy atom. The van der Waals surface area contributed by atoms with Crippen LogP contribution in [0.15, 0.2) is 34.7 Å². The molecule has 1 aromatic heterocycles. The summed E-state index contributed by atoms with van der Waals surface area (Å²) in [7, 11) is 0. The van der Waals surface area contributed by atoms with Crippen LogP contribution in [0, 0.1) is 6.92 Å². The fraction of sp³-hybridized carbons (Fsp3) is 0.0833. The molecule has 0 aliphatic heterocycles. The van der Waals surface area contributed by atoms with Gasteiger partial charge in [0, 0.05) is 16.3 Å². The van der Waals surface area contributed by atoms with Crippen LogP contribution < -0.4 is 5.73 Å². The number of anilines is 1. The van der Waals surface area contributed by atoms with Gasteiger partial charge in [-0.05, 0) is 37.3 Å². The number of ketones is 1. The van der Waals surface area contributed by atoms with Gasteiger partial charge < -0.3 is 10.2 Å². The smallest absolute Gasteiger partial charge is 0.228 e. The number of aryl methyl sites for hydroxylation is 1. The SMILES string of the molecule is Cc1ccc(C(=O)c2cc(N)cc(Cl)c2)o1. The molecule has 82 valence electrons. The zero-order chi connectivity index (χ0) is 11.7. The summed E-state index contributed by atoms with van der Waals surface area (Å²) in [6.07, 6.45) is 0. The summed E-state index contributed by atoms with van der Waals surface area (Å²) in [5.41, 5.74) is 6.50. The van der Waals surface area contributed by atoms with Gasteiger partial charge in [-0.3, -0.25) is 4.79 Å². The molecule has 0 fully saturated rings. The first-order valence-corrected chi connectivity index (χ1v) is 5.11. The molecular formula is C12H10ClNO2. The van der Waals surface area contributed by atoms with Gasteiger partial charge in [0.25, 0.3) is 0 Å². The van der Waals surface area contributed by atoms with Crippen molar-refractivity contribution in [1.29, 1.82) is 0 Å². The zero-order valence-electron chi connectivity index (χ0n) is 8.66. The second-order valence-electron chi connectivity index (χ2n) is 3.51. The van der Waals surface area contributed by atoms with E-state index < -0.39 is 0 Å². The van der Waals surface area contributed by atoms with E-state index in [1.807, 2.05) is 0 Å². The molecule has 0 amide bonds. The molecule has 2 N–H and O–H groups in total. The summed E-state index contributed by atoms with van der Waals surface area (Å²) >= 11 is 5.82. The maximum atomic E-state index is 12.0. The Kier molecular flexibility index (Phi) is 2.71. The molecule has 0 spiro atoms. The van der Waals surface area contributed by atoms with Gasteiger partial charge in [0.05, 0.1) is 0 Å². The highest BCUT2D eigenvalue weighted by atomic mass is 35.5. The minimum atomic E-state index is -0.220. The predicted molar refractivity (Wildman–Crippen MR) is 62.7 cm³/mol. The number of carbonyl (C=O) groups is 1. The highest BCUT2D eigenvalue weighted by Gasteiger charge is 2.13. The third kappa shape index (κ3) is 2.09. The van der Waals surface area contributed by atoms with Gasteiger partial charge in [-0.25, -0.2) is 0 Å². The summed E-state index contributed by atoms with van der Waals surface area (Å²) in [4.78, 5) is 12.0. The van der Waals surface area contributed by atoms with Crippen molar-refractivity contribution in [1.82, 2.24) is 0 Å². The molecule has 0 aliphatic rings. The van der Waals surface area contributed by atoms with Crippen LogP contribution in [0.1, 0.15) is 21.9 Å². The van der Waals surface area contributed by atoms with Crippen molar-refractivity contribution in [2.45, 2.75) is 6.92 Å². The molecule has 0 bridgehead atoms. The number of halogens is 1. The van der Waals surface area contributed by atoms with Gasteiger partial charge >= 0.3 is 0 Å². The summed E-state index contributed by atoms with van der Waals surface area (Å²) in [5.74, 6) is 0.764. The van der Waals surface area contributed by atoms with Crippen LogP contribution in [0.2, 0.25) is 5.02 Å². The molecule has 3 nitrogen and oxygen atoms in total. The van der Waals surface area contributed by atoms with E-state index >= 15 is 0 Å². The van der Waals surface area contributed by atoms with Crippen molar-refractivity contribution in [2.24, 2.45) is 0 Å². The Balaban J connectivity index is 2.41. The molecular weight excluding hydrogens is 226 g/mol. The Labute approximate surface area is 97.8 Å². The Morgan fingerprint density at radius 1 is 1.31 bits per heavy atom. The van der Waals surface area contributed by atoms with E-state index in [0.717, 1.165) is 0 Å². The van der Waals surface area contributed by atoms with Crippen molar-refractivity contribution < 1.29 is 9.21 Å². The lowest BCUT2D eigenvalue weighted by molar-refractivity contribution is 0.101. The second kappa shape index (κ2) is 4.02. The predicted octanol–water partition coefficient (Wildman–Crippen LogP) is 3.05. The van der Waals surface area contributed by atoms with Gasteiger partial charge in [-0.15, -0.1) is 0 Å². The molecule has 0 radical (unpaired) electrons. The topological polar surface area (TPSA) is 56.2 Å². The van der Waals surface area contributed by atoms with Gasteiger partial charge in [0.2, 0.25) is 5.78 Å². The number of carbonyl (C=O) groups excluding carboxylic acids is 1. The standard InChI is InChI=1S/C12H10ClNO2/c1-7-2-3-11(16-7)12(15)8-4-9(13)6-10(14)5-8/h2-6H,14H2,1H3. The molecule has 4 heteroatoms. The fourth-order valence-corrected chi connectivity index (χ4v) is 1.69. The molecule has 0 saturated carbocycles. The van der Waals surface area contributed by atoms with E-state index in [1.54, 1.807) is 37.3 Å². The summed E-state index contributed by atoms with van der Waals surface area (Å²) in [5, 5.41) is 0.437. The number of benzene rings is 1. The first-order valence-electron chi connectivity index (χ1n) is 4.73. The Morgan fingerprint density at radius 3 is 2.62 bits per heavy atom. The number of nitrogens with two attached hydrogens (primary N) is 1. The number of hydrogen-bond donors (Lipinski definition) is 1. The monoisotopic (exact) mass is 235 g/mol. The normalized spacial score (nSPS) is 10.4. The molecule has 1 aromatic carbocycles. The van der Waals surface area contributed by atoms with Crippen LogP contribution in [-0.4, -0.2) is 5.78 Å². The number of nitrogen functional groups attached to an aromatic ring is 1. The largest absolute Gasteiger partial charge is 0.458 e. The van der Waals surface area contributed by atoms with Gasteiger partial charge in [0.15, 0.2) is 5.76 Å². The minimum Gasteiger partial charge on any atom is -0.458 e. The maximum absolute atomic E-state index is 12.0. The highest BCUT2D eigenvalue weighted by molar-refractivity contribution is 6.31. The summed E-state index contributed by atoms with van der Waals surface area (Å²) in [6.45, 7) is 1.78. The fourth-order valence-electron chi connectivity index (χ4n) is 1.44. The summed E-state index contributed by atoms with van der Waals surface area (Å²) < 4.78 is 5.25.